The molecule has 1 aliphatic heterocycles. The van der Waals surface area contributed by atoms with Gasteiger partial charge in [-0.25, -0.2) is 23.5 Å². The van der Waals surface area contributed by atoms with Gasteiger partial charge >= 0.3 is 6.09 Å². The lowest BCUT2D eigenvalue weighted by Gasteiger charge is -2.37. The minimum Gasteiger partial charge on any atom is -0.444 e. The van der Waals surface area contributed by atoms with Crippen LogP contribution < -0.4 is 9.80 Å². The zero-order valence-electron chi connectivity index (χ0n) is 25.8. The largest absolute Gasteiger partial charge is 0.444 e. The van der Waals surface area contributed by atoms with Gasteiger partial charge in [0.1, 0.15) is 33.6 Å². The fraction of sp³-hybridized carbons (Fsp3) is 0.394. The summed E-state index contributed by atoms with van der Waals surface area (Å²) >= 11 is 1.24. The third-order valence-electron chi connectivity index (χ3n) is 7.41. The molecule has 0 saturated carbocycles. The molecule has 1 amide bonds. The molecular formula is C33H36F2N6O2S. The standard InChI is InChI=1S/C33H36F2N6O2S/c1-7-41(31-38-29(28(19-36)44-31)21-8-10-22(34)11-9-21)27-18-26(20(2)3)37-30-24(27)16-23(17-25(30)35)39-12-14-40(15-13-39)32(42)43-33(4,5)6/h8-11,16-18,20H,7,12-15H2,1-6H3. The van der Waals surface area contributed by atoms with Gasteiger partial charge in [-0.1, -0.05) is 25.2 Å². The van der Waals surface area contributed by atoms with E-state index in [9.17, 15) is 14.4 Å². The fourth-order valence-corrected chi connectivity index (χ4v) is 6.12. The predicted octanol–water partition coefficient (Wildman–Crippen LogP) is 7.85. The van der Waals surface area contributed by atoms with Crippen molar-refractivity contribution >= 4 is 44.8 Å². The first-order valence-corrected chi connectivity index (χ1v) is 15.5. The Hall–Kier alpha value is -4.30. The predicted molar refractivity (Wildman–Crippen MR) is 171 cm³/mol. The van der Waals surface area contributed by atoms with Crippen molar-refractivity contribution in [2.45, 2.75) is 53.1 Å². The van der Waals surface area contributed by atoms with Crippen LogP contribution in [-0.4, -0.2) is 59.3 Å². The maximum absolute atomic E-state index is 15.9. The number of halogens is 2. The second-order valence-corrected chi connectivity index (χ2v) is 13.0. The number of anilines is 3. The molecule has 2 aromatic heterocycles. The zero-order valence-corrected chi connectivity index (χ0v) is 26.6. The first-order chi connectivity index (χ1) is 20.9. The van der Waals surface area contributed by atoms with Gasteiger partial charge in [0.25, 0.3) is 0 Å². The van der Waals surface area contributed by atoms with Crippen LogP contribution >= 0.6 is 11.3 Å². The van der Waals surface area contributed by atoms with E-state index in [0.717, 1.165) is 11.4 Å². The summed E-state index contributed by atoms with van der Waals surface area (Å²) in [7, 11) is 0. The number of carbonyl (C=O) groups excluding carboxylic acids is 1. The highest BCUT2D eigenvalue weighted by Gasteiger charge is 2.28. The summed E-state index contributed by atoms with van der Waals surface area (Å²) in [5, 5.41) is 11.1. The van der Waals surface area contributed by atoms with Crippen LogP contribution in [0, 0.1) is 23.0 Å². The van der Waals surface area contributed by atoms with E-state index in [1.165, 1.54) is 29.5 Å². The average Bonchev–Trinajstić information content (AvgIpc) is 3.41. The monoisotopic (exact) mass is 618 g/mol. The van der Waals surface area contributed by atoms with Crippen molar-refractivity contribution in [3.05, 3.63) is 64.7 Å². The van der Waals surface area contributed by atoms with Crippen LogP contribution in [0.1, 0.15) is 58.0 Å². The maximum atomic E-state index is 15.9. The Bertz CT molecular complexity index is 1720. The average molecular weight is 619 g/mol. The van der Waals surface area contributed by atoms with Gasteiger partial charge in [0.2, 0.25) is 0 Å². The molecule has 0 bridgehead atoms. The lowest BCUT2D eigenvalue weighted by Crippen LogP contribution is -2.50. The third kappa shape index (κ3) is 6.45. The summed E-state index contributed by atoms with van der Waals surface area (Å²) in [6.45, 7) is 14.0. The summed E-state index contributed by atoms with van der Waals surface area (Å²) in [6.07, 6.45) is -0.353. The maximum Gasteiger partial charge on any atom is 0.410 e. The molecule has 8 nitrogen and oxygen atoms in total. The lowest BCUT2D eigenvalue weighted by molar-refractivity contribution is 0.0240. The van der Waals surface area contributed by atoms with E-state index in [1.54, 1.807) is 17.0 Å². The molecule has 230 valence electrons. The quantitative estimate of drug-likeness (QED) is 0.218. The van der Waals surface area contributed by atoms with Gasteiger partial charge in [0.05, 0.1) is 5.69 Å². The molecule has 5 rings (SSSR count). The number of hydrogen-bond donors (Lipinski definition) is 0. The van der Waals surface area contributed by atoms with E-state index in [0.29, 0.717) is 65.1 Å². The summed E-state index contributed by atoms with van der Waals surface area (Å²) in [4.78, 5) is 28.2. The van der Waals surface area contributed by atoms with E-state index in [2.05, 4.69) is 11.0 Å². The number of rotatable bonds is 6. The number of pyridine rings is 1. The van der Waals surface area contributed by atoms with Crippen LogP contribution in [0.25, 0.3) is 22.2 Å². The Kier molecular flexibility index (Phi) is 8.75. The zero-order chi connectivity index (χ0) is 31.8. The van der Waals surface area contributed by atoms with Crippen LogP contribution in [0.15, 0.2) is 42.5 Å². The Balaban J connectivity index is 1.55. The van der Waals surface area contributed by atoms with Crippen LogP contribution in [0.2, 0.25) is 0 Å². The van der Waals surface area contributed by atoms with Crippen LogP contribution in [-0.2, 0) is 4.74 Å². The van der Waals surface area contributed by atoms with Crippen molar-refractivity contribution < 1.29 is 18.3 Å². The van der Waals surface area contributed by atoms with Gasteiger partial charge in [-0.15, -0.1) is 0 Å². The molecule has 0 aliphatic carbocycles. The van der Waals surface area contributed by atoms with Crippen molar-refractivity contribution in [2.24, 2.45) is 0 Å². The molecule has 2 aromatic carbocycles. The number of carbonyl (C=O) groups is 1. The van der Waals surface area contributed by atoms with Gasteiger partial charge in [-0.05, 0) is 76.1 Å². The molecular weight excluding hydrogens is 582 g/mol. The van der Waals surface area contributed by atoms with Crippen LogP contribution in [0.5, 0.6) is 0 Å². The van der Waals surface area contributed by atoms with E-state index >= 15 is 4.39 Å². The SMILES string of the molecule is CCN(c1nc(-c2ccc(F)cc2)c(C#N)s1)c1cc(C(C)C)nc2c(F)cc(N3CCN(C(=O)OC(C)(C)C)CC3)cc12. The second-order valence-electron chi connectivity index (χ2n) is 12.0. The van der Waals surface area contributed by atoms with E-state index in [-0.39, 0.29) is 23.3 Å². The number of thiazole rings is 1. The van der Waals surface area contributed by atoms with Gasteiger partial charge < -0.3 is 19.4 Å². The summed E-state index contributed by atoms with van der Waals surface area (Å²) in [6, 6.07) is 13.5. The molecule has 0 atom stereocenters. The summed E-state index contributed by atoms with van der Waals surface area (Å²) in [5.41, 5.74) is 2.96. The topological polar surface area (TPSA) is 85.6 Å². The molecule has 1 fully saturated rings. The van der Waals surface area contributed by atoms with Gasteiger partial charge in [-0.3, -0.25) is 0 Å². The molecule has 44 heavy (non-hydrogen) atoms. The van der Waals surface area contributed by atoms with Crippen LogP contribution in [0.4, 0.5) is 30.1 Å². The first kappa shape index (κ1) is 31.1. The molecule has 0 N–H and O–H groups in total. The number of piperazine rings is 1. The lowest BCUT2D eigenvalue weighted by atomic mass is 10.0. The number of ether oxygens (including phenoxy) is 1. The second kappa shape index (κ2) is 12.4. The van der Waals surface area contributed by atoms with Crippen molar-refractivity contribution in [3.63, 3.8) is 0 Å². The van der Waals surface area contributed by atoms with Crippen molar-refractivity contribution in [1.29, 1.82) is 5.26 Å². The van der Waals surface area contributed by atoms with Gasteiger partial charge in [0, 0.05) is 55.1 Å². The highest BCUT2D eigenvalue weighted by atomic mass is 32.1. The number of amides is 1. The number of benzene rings is 2. The molecule has 1 aliphatic rings. The molecule has 0 unspecified atom stereocenters. The van der Waals surface area contributed by atoms with E-state index in [4.69, 9.17) is 14.7 Å². The molecule has 4 aromatic rings. The fourth-order valence-electron chi connectivity index (χ4n) is 5.16. The number of nitrogens with zero attached hydrogens (tertiary/aromatic N) is 6. The number of fused-ring (bicyclic) bond motifs is 1. The Morgan fingerprint density at radius 1 is 1.09 bits per heavy atom. The van der Waals surface area contributed by atoms with E-state index < -0.39 is 11.4 Å². The van der Waals surface area contributed by atoms with Gasteiger partial charge in [-0.2, -0.15) is 5.26 Å². The Labute approximate surface area is 260 Å². The summed E-state index contributed by atoms with van der Waals surface area (Å²) in [5.74, 6) is -0.764. The number of nitriles is 1. The normalized spacial score (nSPS) is 13.8. The minimum atomic E-state index is -0.579. The van der Waals surface area contributed by atoms with E-state index in [1.807, 2.05) is 58.6 Å². The van der Waals surface area contributed by atoms with Crippen molar-refractivity contribution in [2.75, 3.05) is 42.5 Å². The molecule has 1 saturated heterocycles. The Morgan fingerprint density at radius 2 is 1.77 bits per heavy atom. The third-order valence-corrected chi connectivity index (χ3v) is 8.39. The van der Waals surface area contributed by atoms with Crippen LogP contribution in [0.3, 0.4) is 0 Å². The molecule has 3 heterocycles. The number of hydrogen-bond acceptors (Lipinski definition) is 8. The molecule has 0 spiro atoms. The van der Waals surface area contributed by atoms with Gasteiger partial charge in [0.15, 0.2) is 10.9 Å². The number of aromatic nitrogens is 2. The Morgan fingerprint density at radius 3 is 2.36 bits per heavy atom. The summed E-state index contributed by atoms with van der Waals surface area (Å²) < 4.78 is 35.0. The smallest absolute Gasteiger partial charge is 0.410 e. The molecule has 11 heteroatoms. The highest BCUT2D eigenvalue weighted by molar-refractivity contribution is 7.16. The van der Waals surface area contributed by atoms with Crippen molar-refractivity contribution in [3.8, 4) is 17.3 Å². The van der Waals surface area contributed by atoms with Crippen molar-refractivity contribution in [1.82, 2.24) is 14.9 Å². The molecule has 0 radical (unpaired) electrons. The first-order valence-electron chi connectivity index (χ1n) is 14.7. The minimum absolute atomic E-state index is 0.0394. The highest BCUT2D eigenvalue weighted by Crippen LogP contribution is 2.41.